The van der Waals surface area contributed by atoms with E-state index in [1.54, 1.807) is 0 Å². The second kappa shape index (κ2) is 6.64. The second-order valence-corrected chi connectivity index (χ2v) is 5.35. The molecule has 0 radical (unpaired) electrons. The molecule has 1 aromatic rings. The molecule has 0 saturated heterocycles. The summed E-state index contributed by atoms with van der Waals surface area (Å²) in [6.45, 7) is 12.5. The fourth-order valence-corrected chi connectivity index (χ4v) is 2.24. The van der Waals surface area contributed by atoms with Crippen molar-refractivity contribution in [3.63, 3.8) is 0 Å². The third-order valence-corrected chi connectivity index (χ3v) is 3.02. The van der Waals surface area contributed by atoms with Crippen LogP contribution < -0.4 is 10.5 Å². The highest BCUT2D eigenvalue weighted by molar-refractivity contribution is 5.47. The average Bonchev–Trinajstić information content (AvgIpc) is 2.21. The average molecular weight is 250 g/mol. The van der Waals surface area contributed by atoms with Crippen LogP contribution in [0.2, 0.25) is 0 Å². The first kappa shape index (κ1) is 14.8. The first-order valence-corrected chi connectivity index (χ1v) is 6.66. The summed E-state index contributed by atoms with van der Waals surface area (Å²) < 4.78 is 5.78. The Balaban J connectivity index is 2.50. The zero-order chi connectivity index (χ0) is 13.7. The molecular formula is C15H26N2O. The SMILES string of the molecule is Cc1cc(N)cc(OCCN(C(C)C)C(C)C)c1. The van der Waals surface area contributed by atoms with E-state index in [1.807, 2.05) is 25.1 Å². The Bertz CT molecular complexity index is 347. The van der Waals surface area contributed by atoms with E-state index in [0.29, 0.717) is 18.7 Å². The molecule has 0 aliphatic heterocycles. The lowest BCUT2D eigenvalue weighted by Gasteiger charge is -2.30. The van der Waals surface area contributed by atoms with Gasteiger partial charge in [0.25, 0.3) is 0 Å². The van der Waals surface area contributed by atoms with Crippen LogP contribution in [0.5, 0.6) is 5.75 Å². The lowest BCUT2D eigenvalue weighted by atomic mass is 10.2. The molecule has 1 rings (SSSR count). The highest BCUT2D eigenvalue weighted by atomic mass is 16.5. The molecule has 3 heteroatoms. The number of aryl methyl sites for hydroxylation is 1. The van der Waals surface area contributed by atoms with Crippen LogP contribution in [0.15, 0.2) is 18.2 Å². The summed E-state index contributed by atoms with van der Waals surface area (Å²) in [7, 11) is 0. The molecule has 0 bridgehead atoms. The van der Waals surface area contributed by atoms with E-state index >= 15 is 0 Å². The molecule has 0 fully saturated rings. The highest BCUT2D eigenvalue weighted by Gasteiger charge is 2.12. The number of benzene rings is 1. The zero-order valence-corrected chi connectivity index (χ0v) is 12.2. The molecule has 1 aromatic carbocycles. The maximum absolute atomic E-state index is 5.80. The summed E-state index contributed by atoms with van der Waals surface area (Å²) in [5.41, 5.74) is 7.69. The van der Waals surface area contributed by atoms with Crippen LogP contribution in [0.25, 0.3) is 0 Å². The normalized spacial score (nSPS) is 11.6. The lowest BCUT2D eigenvalue weighted by molar-refractivity contribution is 0.142. The van der Waals surface area contributed by atoms with Crippen molar-refractivity contribution in [1.82, 2.24) is 4.90 Å². The number of hydrogen-bond acceptors (Lipinski definition) is 3. The molecule has 0 aromatic heterocycles. The monoisotopic (exact) mass is 250 g/mol. The molecule has 0 aliphatic rings. The fraction of sp³-hybridized carbons (Fsp3) is 0.600. The molecule has 0 unspecified atom stereocenters. The number of hydrogen-bond donors (Lipinski definition) is 1. The van der Waals surface area contributed by atoms with Gasteiger partial charge in [-0.25, -0.2) is 0 Å². The molecule has 0 spiro atoms. The van der Waals surface area contributed by atoms with Gasteiger partial charge in [0.15, 0.2) is 0 Å². The number of ether oxygens (including phenoxy) is 1. The van der Waals surface area contributed by atoms with Crippen molar-refractivity contribution >= 4 is 5.69 Å². The first-order valence-electron chi connectivity index (χ1n) is 6.66. The van der Waals surface area contributed by atoms with Crippen LogP contribution in [-0.2, 0) is 0 Å². The van der Waals surface area contributed by atoms with E-state index < -0.39 is 0 Å². The molecule has 0 atom stereocenters. The minimum Gasteiger partial charge on any atom is -0.492 e. The van der Waals surface area contributed by atoms with E-state index in [-0.39, 0.29) is 0 Å². The lowest BCUT2D eigenvalue weighted by Crippen LogP contribution is -2.39. The zero-order valence-electron chi connectivity index (χ0n) is 12.2. The summed E-state index contributed by atoms with van der Waals surface area (Å²) in [6, 6.07) is 6.92. The van der Waals surface area contributed by atoms with Crippen LogP contribution in [0, 0.1) is 6.92 Å². The van der Waals surface area contributed by atoms with Crippen LogP contribution >= 0.6 is 0 Å². The molecular weight excluding hydrogens is 224 g/mol. The Kier molecular flexibility index (Phi) is 5.48. The molecule has 0 saturated carbocycles. The van der Waals surface area contributed by atoms with Crippen molar-refractivity contribution < 1.29 is 4.74 Å². The van der Waals surface area contributed by atoms with Crippen molar-refractivity contribution in [2.75, 3.05) is 18.9 Å². The van der Waals surface area contributed by atoms with E-state index in [4.69, 9.17) is 10.5 Å². The van der Waals surface area contributed by atoms with Gasteiger partial charge in [-0.1, -0.05) is 0 Å². The van der Waals surface area contributed by atoms with E-state index in [0.717, 1.165) is 23.5 Å². The van der Waals surface area contributed by atoms with Crippen LogP contribution in [0.4, 0.5) is 5.69 Å². The van der Waals surface area contributed by atoms with Crippen molar-refractivity contribution in [3.8, 4) is 5.75 Å². The number of nitrogen functional groups attached to an aromatic ring is 1. The van der Waals surface area contributed by atoms with Gasteiger partial charge in [-0.05, 0) is 52.3 Å². The van der Waals surface area contributed by atoms with Gasteiger partial charge in [-0.2, -0.15) is 0 Å². The predicted molar refractivity (Wildman–Crippen MR) is 78.1 cm³/mol. The molecule has 102 valence electrons. The summed E-state index contributed by atoms with van der Waals surface area (Å²) in [5.74, 6) is 0.861. The van der Waals surface area contributed by atoms with Crippen LogP contribution in [0.3, 0.4) is 0 Å². The van der Waals surface area contributed by atoms with Gasteiger partial charge in [0.2, 0.25) is 0 Å². The maximum Gasteiger partial charge on any atom is 0.121 e. The van der Waals surface area contributed by atoms with Gasteiger partial charge in [0.05, 0.1) is 0 Å². The van der Waals surface area contributed by atoms with Crippen LogP contribution in [0.1, 0.15) is 33.3 Å². The number of anilines is 1. The van der Waals surface area contributed by atoms with Crippen molar-refractivity contribution in [1.29, 1.82) is 0 Å². The third-order valence-electron chi connectivity index (χ3n) is 3.02. The highest BCUT2D eigenvalue weighted by Crippen LogP contribution is 2.18. The predicted octanol–water partition coefficient (Wildman–Crippen LogP) is 3.07. The first-order chi connectivity index (χ1) is 8.40. The largest absolute Gasteiger partial charge is 0.492 e. The topological polar surface area (TPSA) is 38.5 Å². The Morgan fingerprint density at radius 1 is 1.11 bits per heavy atom. The Morgan fingerprint density at radius 2 is 1.72 bits per heavy atom. The Hall–Kier alpha value is -1.22. The summed E-state index contributed by atoms with van der Waals surface area (Å²) in [4.78, 5) is 2.42. The fourth-order valence-electron chi connectivity index (χ4n) is 2.24. The van der Waals surface area contributed by atoms with Gasteiger partial charge in [-0.15, -0.1) is 0 Å². The minimum atomic E-state index is 0.538. The molecule has 3 nitrogen and oxygen atoms in total. The van der Waals surface area contributed by atoms with Gasteiger partial charge >= 0.3 is 0 Å². The quantitative estimate of drug-likeness (QED) is 0.789. The smallest absolute Gasteiger partial charge is 0.121 e. The second-order valence-electron chi connectivity index (χ2n) is 5.35. The van der Waals surface area contributed by atoms with Gasteiger partial charge in [0.1, 0.15) is 12.4 Å². The molecule has 0 amide bonds. The molecule has 0 heterocycles. The van der Waals surface area contributed by atoms with Crippen LogP contribution in [-0.4, -0.2) is 30.1 Å². The molecule has 2 N–H and O–H groups in total. The van der Waals surface area contributed by atoms with E-state index in [1.165, 1.54) is 0 Å². The van der Waals surface area contributed by atoms with Gasteiger partial charge in [-0.3, -0.25) is 4.90 Å². The number of rotatable bonds is 6. The molecule has 0 aliphatic carbocycles. The Labute approximate surface area is 111 Å². The standard InChI is InChI=1S/C15H26N2O/c1-11(2)17(12(3)4)6-7-18-15-9-13(5)8-14(16)10-15/h8-12H,6-7,16H2,1-5H3. The maximum atomic E-state index is 5.80. The van der Waals surface area contributed by atoms with Crippen molar-refractivity contribution in [2.45, 2.75) is 46.7 Å². The third kappa shape index (κ3) is 4.57. The van der Waals surface area contributed by atoms with Gasteiger partial charge < -0.3 is 10.5 Å². The van der Waals surface area contributed by atoms with Crippen molar-refractivity contribution in [2.24, 2.45) is 0 Å². The number of nitrogens with zero attached hydrogens (tertiary/aromatic N) is 1. The number of nitrogens with two attached hydrogens (primary N) is 1. The summed E-state index contributed by atoms with van der Waals surface area (Å²) in [6.07, 6.45) is 0. The molecule has 18 heavy (non-hydrogen) atoms. The van der Waals surface area contributed by atoms with E-state index in [2.05, 4.69) is 32.6 Å². The van der Waals surface area contributed by atoms with Crippen molar-refractivity contribution in [3.05, 3.63) is 23.8 Å². The minimum absolute atomic E-state index is 0.538. The summed E-state index contributed by atoms with van der Waals surface area (Å²) in [5, 5.41) is 0. The van der Waals surface area contributed by atoms with E-state index in [9.17, 15) is 0 Å². The summed E-state index contributed by atoms with van der Waals surface area (Å²) >= 11 is 0. The Morgan fingerprint density at radius 3 is 2.22 bits per heavy atom. The van der Waals surface area contributed by atoms with Gasteiger partial charge in [0, 0.05) is 30.4 Å².